The molecule has 1 N–H and O–H groups in total. The van der Waals surface area contributed by atoms with Crippen LogP contribution >= 0.6 is 0 Å². The molecule has 1 heterocycles. The van der Waals surface area contributed by atoms with Crippen LogP contribution in [0, 0.1) is 0 Å². The van der Waals surface area contributed by atoms with Crippen LogP contribution < -0.4 is 5.32 Å². The molecule has 1 aliphatic rings. The molecule has 0 unspecified atom stereocenters. The number of rotatable bonds is 4. The maximum Gasteiger partial charge on any atom is 0.350 e. The molecule has 7 nitrogen and oxygen atoms in total. The van der Waals surface area contributed by atoms with Crippen molar-refractivity contribution in [2.75, 3.05) is 12.4 Å². The Hall–Kier alpha value is -2.83. The van der Waals surface area contributed by atoms with E-state index in [4.69, 9.17) is 9.47 Å². The molecule has 2 rings (SSSR count). The molecule has 0 spiro atoms. The lowest BCUT2D eigenvalue weighted by molar-refractivity contribution is -0.222. The van der Waals surface area contributed by atoms with E-state index in [0.717, 1.165) is 5.56 Å². The molecular weight excluding hydrogens is 302 g/mol. The summed E-state index contributed by atoms with van der Waals surface area (Å²) in [6, 6.07) is 6.88. The van der Waals surface area contributed by atoms with E-state index in [0.29, 0.717) is 5.69 Å². The van der Waals surface area contributed by atoms with E-state index >= 15 is 0 Å². The van der Waals surface area contributed by atoms with E-state index in [1.807, 2.05) is 0 Å². The van der Waals surface area contributed by atoms with Gasteiger partial charge in [-0.2, -0.15) is 0 Å². The van der Waals surface area contributed by atoms with Gasteiger partial charge in [0.1, 0.15) is 0 Å². The number of cyclic esters (lactones) is 2. The zero-order valence-electron chi connectivity index (χ0n) is 13.0. The molecule has 122 valence electrons. The lowest BCUT2D eigenvalue weighted by Gasteiger charge is -2.29. The first-order chi connectivity index (χ1) is 10.8. The first-order valence-corrected chi connectivity index (χ1v) is 6.90. The van der Waals surface area contributed by atoms with Crippen molar-refractivity contribution in [3.05, 3.63) is 41.6 Å². The van der Waals surface area contributed by atoms with Crippen molar-refractivity contribution in [1.29, 1.82) is 0 Å². The van der Waals surface area contributed by atoms with Gasteiger partial charge in [-0.1, -0.05) is 12.1 Å². The number of carbonyl (C=O) groups is 3. The van der Waals surface area contributed by atoms with Crippen molar-refractivity contribution in [2.24, 2.45) is 0 Å². The van der Waals surface area contributed by atoms with Crippen molar-refractivity contribution in [1.82, 2.24) is 0 Å². The van der Waals surface area contributed by atoms with Gasteiger partial charge in [0.15, 0.2) is 5.57 Å². The Kier molecular flexibility index (Phi) is 4.68. The number of nitrogens with one attached hydrogen (secondary N) is 1. The summed E-state index contributed by atoms with van der Waals surface area (Å²) in [4.78, 5) is 34.7. The van der Waals surface area contributed by atoms with Gasteiger partial charge in [-0.05, 0) is 17.7 Å². The highest BCUT2D eigenvalue weighted by Crippen LogP contribution is 2.22. The second-order valence-electron chi connectivity index (χ2n) is 5.33. The third-order valence-corrected chi connectivity index (χ3v) is 3.03. The fourth-order valence-corrected chi connectivity index (χ4v) is 1.89. The van der Waals surface area contributed by atoms with E-state index in [-0.39, 0.29) is 18.0 Å². The number of carbonyl (C=O) groups excluding carboxylic acids is 3. The fourth-order valence-electron chi connectivity index (χ4n) is 1.89. The topological polar surface area (TPSA) is 90.9 Å². The SMILES string of the molecule is COC(=O)Cc1ccc(NC=C2C(=O)OC(C)(C)OC2=O)cc1. The number of esters is 3. The normalized spacial score (nSPS) is 16.2. The van der Waals surface area contributed by atoms with E-state index in [1.54, 1.807) is 24.3 Å². The predicted octanol–water partition coefficient (Wildman–Crippen LogP) is 1.53. The summed E-state index contributed by atoms with van der Waals surface area (Å²) < 4.78 is 14.5. The first-order valence-electron chi connectivity index (χ1n) is 6.90. The molecule has 0 saturated carbocycles. The monoisotopic (exact) mass is 319 g/mol. The summed E-state index contributed by atoms with van der Waals surface area (Å²) in [6.45, 7) is 2.96. The largest absolute Gasteiger partial charge is 0.469 e. The first kappa shape index (κ1) is 16.5. The molecule has 0 radical (unpaired) electrons. The van der Waals surface area contributed by atoms with Crippen molar-refractivity contribution in [3.63, 3.8) is 0 Å². The van der Waals surface area contributed by atoms with Crippen LogP contribution in [0.25, 0.3) is 0 Å². The van der Waals surface area contributed by atoms with E-state index in [9.17, 15) is 14.4 Å². The molecule has 0 aromatic heterocycles. The molecule has 0 aliphatic carbocycles. The zero-order chi connectivity index (χ0) is 17.0. The number of hydrogen-bond acceptors (Lipinski definition) is 7. The van der Waals surface area contributed by atoms with Gasteiger partial charge in [0.05, 0.1) is 13.5 Å². The van der Waals surface area contributed by atoms with E-state index < -0.39 is 17.7 Å². The van der Waals surface area contributed by atoms with Gasteiger partial charge in [0, 0.05) is 25.7 Å². The summed E-state index contributed by atoms with van der Waals surface area (Å²) in [6.07, 6.45) is 1.40. The minimum Gasteiger partial charge on any atom is -0.469 e. The number of methoxy groups -OCH3 is 1. The minimum absolute atomic E-state index is 0.172. The summed E-state index contributed by atoms with van der Waals surface area (Å²) in [5.41, 5.74) is 1.20. The summed E-state index contributed by atoms with van der Waals surface area (Å²) in [5, 5.41) is 2.82. The molecule has 7 heteroatoms. The summed E-state index contributed by atoms with van der Waals surface area (Å²) >= 11 is 0. The van der Waals surface area contributed by atoms with Crippen LogP contribution in [0.5, 0.6) is 0 Å². The Bertz CT molecular complexity index is 638. The Morgan fingerprint density at radius 3 is 2.26 bits per heavy atom. The summed E-state index contributed by atoms with van der Waals surface area (Å²) in [5.74, 6) is -3.09. The lowest BCUT2D eigenvalue weighted by atomic mass is 10.1. The number of ether oxygens (including phenoxy) is 3. The quantitative estimate of drug-likeness (QED) is 0.511. The standard InChI is InChI=1S/C16H17NO6/c1-16(2)22-14(19)12(15(20)23-16)9-17-11-6-4-10(5-7-11)8-13(18)21-3/h4-7,9,17H,8H2,1-3H3. The highest BCUT2D eigenvalue weighted by molar-refractivity contribution is 6.15. The van der Waals surface area contributed by atoms with Gasteiger partial charge in [0.2, 0.25) is 0 Å². The molecule has 1 aromatic carbocycles. The van der Waals surface area contributed by atoms with E-state index in [2.05, 4.69) is 10.1 Å². The average molecular weight is 319 g/mol. The molecular formula is C16H17NO6. The molecule has 1 saturated heterocycles. The number of anilines is 1. The third-order valence-electron chi connectivity index (χ3n) is 3.03. The maximum absolute atomic E-state index is 11.8. The van der Waals surface area contributed by atoms with Crippen LogP contribution in [0.3, 0.4) is 0 Å². The Labute approximate surface area is 133 Å². The van der Waals surface area contributed by atoms with Gasteiger partial charge < -0.3 is 19.5 Å². The molecule has 1 fully saturated rings. The van der Waals surface area contributed by atoms with Crippen LogP contribution in [0.15, 0.2) is 36.0 Å². The van der Waals surface area contributed by atoms with Crippen molar-refractivity contribution in [3.8, 4) is 0 Å². The third kappa shape index (κ3) is 4.32. The second-order valence-corrected chi connectivity index (χ2v) is 5.33. The van der Waals surface area contributed by atoms with Gasteiger partial charge in [-0.15, -0.1) is 0 Å². The Balaban J connectivity index is 2.04. The van der Waals surface area contributed by atoms with Crippen molar-refractivity contribution < 1.29 is 28.6 Å². The van der Waals surface area contributed by atoms with Gasteiger partial charge >= 0.3 is 17.9 Å². The molecule has 0 amide bonds. The minimum atomic E-state index is -1.26. The number of hydrogen-bond donors (Lipinski definition) is 1. The molecule has 1 aliphatic heterocycles. The van der Waals surface area contributed by atoms with Gasteiger partial charge in [-0.25, -0.2) is 9.59 Å². The van der Waals surface area contributed by atoms with Crippen LogP contribution in [0.4, 0.5) is 5.69 Å². The molecule has 0 atom stereocenters. The van der Waals surface area contributed by atoms with Crippen LogP contribution in [0.2, 0.25) is 0 Å². The zero-order valence-corrected chi connectivity index (χ0v) is 13.0. The fraction of sp³-hybridized carbons (Fsp3) is 0.312. The highest BCUT2D eigenvalue weighted by atomic mass is 16.7. The van der Waals surface area contributed by atoms with E-state index in [1.165, 1.54) is 27.2 Å². The molecule has 1 aromatic rings. The maximum atomic E-state index is 11.8. The second kappa shape index (κ2) is 6.51. The van der Waals surface area contributed by atoms with Gasteiger partial charge in [0.25, 0.3) is 5.79 Å². The highest BCUT2D eigenvalue weighted by Gasteiger charge is 2.38. The molecule has 23 heavy (non-hydrogen) atoms. The van der Waals surface area contributed by atoms with Crippen molar-refractivity contribution >= 4 is 23.6 Å². The van der Waals surface area contributed by atoms with Crippen molar-refractivity contribution in [2.45, 2.75) is 26.1 Å². The smallest absolute Gasteiger partial charge is 0.350 e. The lowest BCUT2D eigenvalue weighted by Crippen LogP contribution is -2.42. The Morgan fingerprint density at radius 2 is 1.74 bits per heavy atom. The predicted molar refractivity (Wildman–Crippen MR) is 80.1 cm³/mol. The average Bonchev–Trinajstić information content (AvgIpc) is 2.46. The molecule has 0 bridgehead atoms. The van der Waals surface area contributed by atoms with Crippen LogP contribution in [-0.4, -0.2) is 30.8 Å². The Morgan fingerprint density at radius 1 is 1.17 bits per heavy atom. The summed E-state index contributed by atoms with van der Waals surface area (Å²) in [7, 11) is 1.33. The van der Waals surface area contributed by atoms with Gasteiger partial charge in [-0.3, -0.25) is 4.79 Å². The number of benzene rings is 1. The van der Waals surface area contributed by atoms with Crippen LogP contribution in [0.1, 0.15) is 19.4 Å². The van der Waals surface area contributed by atoms with Crippen LogP contribution in [-0.2, 0) is 35.0 Å².